The molecule has 0 spiro atoms. The largest absolute Gasteiger partial charge is 0.444 e. The van der Waals surface area contributed by atoms with Crippen molar-refractivity contribution in [3.63, 3.8) is 0 Å². The normalized spacial score (nSPS) is 23.6. The van der Waals surface area contributed by atoms with E-state index >= 15 is 0 Å². The minimum Gasteiger partial charge on any atom is -0.444 e. The second-order valence-electron chi connectivity index (χ2n) is 14.9. The van der Waals surface area contributed by atoms with Crippen molar-refractivity contribution < 1.29 is 18.6 Å². The Labute approximate surface area is 312 Å². The summed E-state index contributed by atoms with van der Waals surface area (Å²) in [6.07, 6.45) is 6.10. The van der Waals surface area contributed by atoms with Gasteiger partial charge >= 0.3 is 6.09 Å². The van der Waals surface area contributed by atoms with Gasteiger partial charge in [0.15, 0.2) is 11.6 Å². The number of rotatable bonds is 6. The van der Waals surface area contributed by atoms with Crippen LogP contribution in [0.2, 0.25) is 0 Å². The zero-order valence-electron chi connectivity index (χ0n) is 29.6. The molecule has 0 aromatic carbocycles. The second kappa shape index (κ2) is 13.7. The molecule has 2 saturated heterocycles. The highest BCUT2D eigenvalue weighted by Gasteiger charge is 2.60. The van der Waals surface area contributed by atoms with Gasteiger partial charge in [0, 0.05) is 37.3 Å². The average Bonchev–Trinajstić information content (AvgIpc) is 3.58. The Bertz CT molecular complexity index is 2450. The maximum atomic E-state index is 12.6. The maximum absolute atomic E-state index is 12.6. The molecule has 0 bridgehead atoms. The number of hydrogen-bond donors (Lipinski definition) is 1. The molecule has 2 aliphatic carbocycles. The lowest BCUT2D eigenvalue weighted by Crippen LogP contribution is -2.36. The summed E-state index contributed by atoms with van der Waals surface area (Å²) in [4.78, 5) is 56.1. The van der Waals surface area contributed by atoms with Gasteiger partial charge in [0.1, 0.15) is 18.7 Å². The van der Waals surface area contributed by atoms with Gasteiger partial charge < -0.3 is 24.0 Å². The summed E-state index contributed by atoms with van der Waals surface area (Å²) in [7, 11) is 0. The number of ether oxygens (including phenoxy) is 1. The van der Waals surface area contributed by atoms with E-state index in [4.69, 9.17) is 13.8 Å². The Kier molecular flexibility index (Phi) is 8.96. The van der Waals surface area contributed by atoms with Crippen LogP contribution in [0.3, 0.4) is 0 Å². The predicted octanol–water partition coefficient (Wildman–Crippen LogP) is 2.38. The van der Waals surface area contributed by atoms with Crippen LogP contribution in [0.25, 0.3) is 21.8 Å². The quantitative estimate of drug-likeness (QED) is 0.258. The van der Waals surface area contributed by atoms with E-state index in [2.05, 4.69) is 45.8 Å². The zero-order chi connectivity index (χ0) is 36.4. The van der Waals surface area contributed by atoms with Crippen molar-refractivity contribution >= 4 is 40.3 Å². The molecule has 1 N–H and O–H groups in total. The molecule has 19 heteroatoms. The standard InChI is InChI=1S/C20H22N6O4.C15H14N6O2.ClH/c1-20(2,3)29-19(28)25-8-12-13(9-25)16(12)17-23-15(30-24-17)10-26-18(27)11-5-4-6-21-14(11)7-22-26;22-15-8-2-1-3-17-11(8)6-18-21(15)7-12-19-14(20-23-12)13-9-4-16-5-10(9)13;/h4-7,12-13,16H,8-10H2,1-3H3;1-3,6,9-10,13,16H,4-5,7H2;1H/t12-,13+,16?;9-,10+,13?;. The highest BCUT2D eigenvalue weighted by Crippen LogP contribution is 2.57. The molecule has 6 aromatic heterocycles. The highest BCUT2D eigenvalue weighted by molar-refractivity contribution is 5.85. The van der Waals surface area contributed by atoms with Crippen LogP contribution >= 0.6 is 12.4 Å². The third kappa shape index (κ3) is 6.70. The average molecular weight is 757 g/mol. The van der Waals surface area contributed by atoms with Gasteiger partial charge in [-0.2, -0.15) is 20.2 Å². The first-order valence-corrected chi connectivity index (χ1v) is 17.6. The molecule has 2 unspecified atom stereocenters. The molecule has 4 aliphatic rings. The first kappa shape index (κ1) is 35.4. The molecule has 8 heterocycles. The van der Waals surface area contributed by atoms with Gasteiger partial charge in [-0.25, -0.2) is 14.2 Å². The molecule has 4 fully saturated rings. The smallest absolute Gasteiger partial charge is 0.410 e. The Balaban J connectivity index is 0.000000155. The number of halogens is 1. The monoisotopic (exact) mass is 756 g/mol. The van der Waals surface area contributed by atoms with E-state index in [0.717, 1.165) is 18.9 Å². The number of hydrogen-bond acceptors (Lipinski definition) is 15. The molecule has 280 valence electrons. The fourth-order valence-corrected chi connectivity index (χ4v) is 7.64. The van der Waals surface area contributed by atoms with Gasteiger partial charge in [-0.3, -0.25) is 19.6 Å². The van der Waals surface area contributed by atoms with Gasteiger partial charge in [-0.1, -0.05) is 10.3 Å². The van der Waals surface area contributed by atoms with E-state index in [1.54, 1.807) is 54.0 Å². The van der Waals surface area contributed by atoms with Crippen LogP contribution < -0.4 is 16.4 Å². The van der Waals surface area contributed by atoms with E-state index in [0.29, 0.717) is 82.1 Å². The minimum absolute atomic E-state index is 0. The summed E-state index contributed by atoms with van der Waals surface area (Å²) in [5.74, 6) is 4.59. The summed E-state index contributed by atoms with van der Waals surface area (Å²) < 4.78 is 18.7. The number of piperidine rings is 2. The summed E-state index contributed by atoms with van der Waals surface area (Å²) >= 11 is 0. The third-order valence-electron chi connectivity index (χ3n) is 10.3. The maximum Gasteiger partial charge on any atom is 0.410 e. The molecule has 2 aliphatic heterocycles. The SMILES string of the molecule is CC(C)(C)OC(=O)N1C[C@@H]2C(c3noc(Cn4ncc5ncccc5c4=O)n3)[C@@H]2C1.Cl.O=c1c2cccnc2cnn1Cc1nc(C2[C@H]3CNC[C@@H]23)no1. The second-order valence-corrected chi connectivity index (χ2v) is 14.9. The van der Waals surface area contributed by atoms with Gasteiger partial charge in [0.05, 0.1) is 34.2 Å². The highest BCUT2D eigenvalue weighted by atomic mass is 35.5. The van der Waals surface area contributed by atoms with E-state index < -0.39 is 5.60 Å². The van der Waals surface area contributed by atoms with Crippen molar-refractivity contribution in [3.05, 3.63) is 93.2 Å². The predicted molar refractivity (Wildman–Crippen MR) is 192 cm³/mol. The summed E-state index contributed by atoms with van der Waals surface area (Å²) in [5.41, 5.74) is 0.166. The fraction of sp³-hybridized carbons (Fsp3) is 0.457. The molecular formula is C35H37ClN12O6. The molecular weight excluding hydrogens is 720 g/mol. The van der Waals surface area contributed by atoms with Gasteiger partial charge in [-0.15, -0.1) is 12.4 Å². The van der Waals surface area contributed by atoms with Gasteiger partial charge in [0.2, 0.25) is 11.8 Å². The van der Waals surface area contributed by atoms with E-state index in [1.165, 1.54) is 9.36 Å². The number of carbonyl (C=O) groups is 1. The van der Waals surface area contributed by atoms with Crippen molar-refractivity contribution in [2.45, 2.75) is 51.3 Å². The number of aromatic nitrogens is 10. The third-order valence-corrected chi connectivity index (χ3v) is 10.3. The van der Waals surface area contributed by atoms with Crippen molar-refractivity contribution in [3.8, 4) is 0 Å². The number of pyridine rings is 2. The number of nitrogens with zero attached hydrogens (tertiary/aromatic N) is 11. The number of amides is 1. The Morgan fingerprint density at radius 3 is 1.76 bits per heavy atom. The molecule has 6 atom stereocenters. The topological polar surface area (TPSA) is 215 Å². The summed E-state index contributed by atoms with van der Waals surface area (Å²) in [5, 5.41) is 20.8. The number of carbonyl (C=O) groups excluding carboxylic acids is 1. The molecule has 0 radical (unpaired) electrons. The van der Waals surface area contributed by atoms with Crippen LogP contribution in [0, 0.1) is 23.7 Å². The van der Waals surface area contributed by atoms with Crippen LogP contribution in [-0.2, 0) is 17.8 Å². The van der Waals surface area contributed by atoms with Crippen LogP contribution in [0.1, 0.15) is 56.0 Å². The van der Waals surface area contributed by atoms with Crippen molar-refractivity contribution in [1.29, 1.82) is 0 Å². The fourth-order valence-electron chi connectivity index (χ4n) is 7.64. The molecule has 1 amide bonds. The zero-order valence-corrected chi connectivity index (χ0v) is 30.4. The molecule has 10 rings (SSSR count). The van der Waals surface area contributed by atoms with Crippen molar-refractivity contribution in [1.82, 2.24) is 60.0 Å². The lowest BCUT2D eigenvalue weighted by atomic mass is 10.2. The Morgan fingerprint density at radius 2 is 1.28 bits per heavy atom. The van der Waals surface area contributed by atoms with Crippen LogP contribution in [0.4, 0.5) is 4.79 Å². The van der Waals surface area contributed by atoms with E-state index in [1.807, 2.05) is 20.8 Å². The number of nitrogens with one attached hydrogen (secondary N) is 1. The Hall–Kier alpha value is -5.62. The summed E-state index contributed by atoms with van der Waals surface area (Å²) in [6.45, 7) is 9.17. The lowest BCUT2D eigenvalue weighted by Gasteiger charge is -2.25. The van der Waals surface area contributed by atoms with Crippen LogP contribution in [0.15, 0.2) is 67.7 Å². The lowest BCUT2D eigenvalue weighted by molar-refractivity contribution is 0.0270. The minimum atomic E-state index is -0.503. The first-order valence-electron chi connectivity index (χ1n) is 17.6. The summed E-state index contributed by atoms with van der Waals surface area (Å²) in [6, 6.07) is 6.90. The molecule has 6 aromatic rings. The van der Waals surface area contributed by atoms with Gasteiger partial charge in [-0.05, 0) is 81.8 Å². The molecule has 54 heavy (non-hydrogen) atoms. The van der Waals surface area contributed by atoms with Crippen molar-refractivity contribution in [2.75, 3.05) is 26.2 Å². The van der Waals surface area contributed by atoms with Crippen LogP contribution in [-0.4, -0.2) is 92.6 Å². The number of fused-ring (bicyclic) bond motifs is 4. The molecule has 2 saturated carbocycles. The van der Waals surface area contributed by atoms with Crippen LogP contribution in [0.5, 0.6) is 0 Å². The molecule has 18 nitrogen and oxygen atoms in total. The Morgan fingerprint density at radius 1 is 0.796 bits per heavy atom. The first-order chi connectivity index (χ1) is 25.6. The van der Waals surface area contributed by atoms with E-state index in [-0.39, 0.29) is 48.6 Å². The van der Waals surface area contributed by atoms with E-state index in [9.17, 15) is 14.4 Å². The van der Waals surface area contributed by atoms with Crippen molar-refractivity contribution in [2.24, 2.45) is 23.7 Å². The van der Waals surface area contributed by atoms with Gasteiger partial charge in [0.25, 0.3) is 11.1 Å². The number of likely N-dealkylation sites (tertiary alicyclic amines) is 1.